The number of rotatable bonds is 4. The summed E-state index contributed by atoms with van der Waals surface area (Å²) in [5.74, 6) is -0.129. The Balaban J connectivity index is 1.82. The molecule has 2 aromatic carbocycles. The number of ether oxygens (including phenoxy) is 3. The number of benzene rings is 2. The molecule has 180 valence electrons. The van der Waals surface area contributed by atoms with Crippen LogP contribution in [0.25, 0.3) is 11.3 Å². The molecule has 3 aromatic rings. The fourth-order valence-electron chi connectivity index (χ4n) is 4.23. The maximum Gasteiger partial charge on any atom is 0.419 e. The highest BCUT2D eigenvalue weighted by molar-refractivity contribution is 5.82. The van der Waals surface area contributed by atoms with Crippen LogP contribution in [0.4, 0.5) is 19.3 Å². The van der Waals surface area contributed by atoms with E-state index < -0.39 is 23.3 Å². The van der Waals surface area contributed by atoms with Crippen molar-refractivity contribution in [2.45, 2.75) is 39.3 Å². The molecule has 0 saturated carbocycles. The third-order valence-electron chi connectivity index (χ3n) is 5.69. The molecule has 34 heavy (non-hydrogen) atoms. The van der Waals surface area contributed by atoms with Crippen LogP contribution in [-0.2, 0) is 17.7 Å². The monoisotopic (exact) mass is 470 g/mol. The fourth-order valence-corrected chi connectivity index (χ4v) is 4.23. The van der Waals surface area contributed by atoms with Crippen molar-refractivity contribution in [3.8, 4) is 22.8 Å². The van der Waals surface area contributed by atoms with E-state index in [0.717, 1.165) is 11.3 Å². The summed E-state index contributed by atoms with van der Waals surface area (Å²) in [6.45, 7) is 6.23. The Morgan fingerprint density at radius 1 is 1.00 bits per heavy atom. The molecule has 0 amide bonds. The first kappa shape index (κ1) is 23.6. The van der Waals surface area contributed by atoms with Crippen LogP contribution in [0.15, 0.2) is 42.5 Å². The van der Waals surface area contributed by atoms with Gasteiger partial charge in [-0.3, -0.25) is 0 Å². The lowest BCUT2D eigenvalue weighted by Gasteiger charge is -2.31. The molecule has 0 unspecified atom stereocenters. The van der Waals surface area contributed by atoms with Gasteiger partial charge in [-0.1, -0.05) is 6.07 Å². The summed E-state index contributed by atoms with van der Waals surface area (Å²) in [7, 11) is 3.19. The number of hydrogen-bond acceptors (Lipinski definition) is 5. The zero-order valence-corrected chi connectivity index (χ0v) is 19.9. The first-order valence-electron chi connectivity index (χ1n) is 11.0. The third-order valence-corrected chi connectivity index (χ3v) is 5.69. The topological polar surface area (TPSA) is 52.9 Å². The second kappa shape index (κ2) is 9.00. The number of fused-ring (bicyclic) bond motifs is 1. The van der Waals surface area contributed by atoms with E-state index in [1.807, 2.05) is 18.2 Å². The van der Waals surface area contributed by atoms with Crippen molar-refractivity contribution in [3.05, 3.63) is 65.4 Å². The van der Waals surface area contributed by atoms with E-state index in [-0.39, 0.29) is 11.3 Å². The van der Waals surface area contributed by atoms with Crippen LogP contribution >= 0.6 is 0 Å². The molecule has 4 rings (SSSR count). The summed E-state index contributed by atoms with van der Waals surface area (Å²) in [6, 6.07) is 10.8. The molecular formula is C26H28F2N2O4. The van der Waals surface area contributed by atoms with E-state index in [0.29, 0.717) is 36.7 Å². The van der Waals surface area contributed by atoms with Crippen LogP contribution in [-0.4, -0.2) is 37.0 Å². The molecule has 8 heteroatoms. The molecule has 0 radical (unpaired) electrons. The minimum Gasteiger partial charge on any atom is -0.497 e. The highest BCUT2D eigenvalue weighted by atomic mass is 19.1. The Kier molecular flexibility index (Phi) is 6.25. The van der Waals surface area contributed by atoms with Crippen molar-refractivity contribution in [1.29, 1.82) is 0 Å². The number of methoxy groups -OCH3 is 2. The van der Waals surface area contributed by atoms with E-state index in [9.17, 15) is 13.6 Å². The second-order valence-electron chi connectivity index (χ2n) is 9.12. The Morgan fingerprint density at radius 2 is 1.71 bits per heavy atom. The molecule has 0 fully saturated rings. The van der Waals surface area contributed by atoms with Crippen molar-refractivity contribution in [2.75, 3.05) is 25.7 Å². The van der Waals surface area contributed by atoms with Gasteiger partial charge in [0, 0.05) is 31.3 Å². The summed E-state index contributed by atoms with van der Waals surface area (Å²) in [5.41, 5.74) is 1.39. The van der Waals surface area contributed by atoms with Crippen molar-refractivity contribution in [3.63, 3.8) is 0 Å². The number of carbonyl (C=O) groups is 1. The van der Waals surface area contributed by atoms with Crippen molar-refractivity contribution < 1.29 is 27.8 Å². The Hall–Kier alpha value is -3.55. The molecular weight excluding hydrogens is 442 g/mol. The van der Waals surface area contributed by atoms with E-state index in [4.69, 9.17) is 14.2 Å². The van der Waals surface area contributed by atoms with E-state index in [1.165, 1.54) is 22.8 Å². The molecule has 2 heterocycles. The van der Waals surface area contributed by atoms with Crippen LogP contribution in [0.3, 0.4) is 0 Å². The van der Waals surface area contributed by atoms with Crippen molar-refractivity contribution >= 4 is 11.8 Å². The molecule has 0 aliphatic carbocycles. The highest BCUT2D eigenvalue weighted by Gasteiger charge is 2.31. The molecule has 1 aliphatic heterocycles. The van der Waals surface area contributed by atoms with Gasteiger partial charge in [-0.15, -0.1) is 0 Å². The van der Waals surface area contributed by atoms with Crippen LogP contribution in [0.5, 0.6) is 11.5 Å². The Labute approximate surface area is 197 Å². The average molecular weight is 471 g/mol. The van der Waals surface area contributed by atoms with Gasteiger partial charge in [0.1, 0.15) is 28.7 Å². The first-order valence-corrected chi connectivity index (χ1v) is 11.0. The lowest BCUT2D eigenvalue weighted by atomic mass is 10.1. The number of carbonyl (C=O) groups excluding carboxylic acids is 1. The molecule has 6 nitrogen and oxygen atoms in total. The normalized spacial score (nSPS) is 13.4. The van der Waals surface area contributed by atoms with Gasteiger partial charge >= 0.3 is 6.09 Å². The molecule has 0 saturated heterocycles. The lowest BCUT2D eigenvalue weighted by Crippen LogP contribution is -2.33. The summed E-state index contributed by atoms with van der Waals surface area (Å²) in [6.07, 6.45) is -0.204. The molecule has 0 N–H and O–H groups in total. The number of aromatic nitrogens is 1. The number of anilines is 1. The smallest absolute Gasteiger partial charge is 0.419 e. The standard InChI is InChI=1S/C26H28F2N2O4/c1-26(2,3)34-25(31)30-20-11-12-29(21-14-17(32-4)9-10-23(21)33-5)15-16(20)13-22(30)24-18(27)7-6-8-19(24)28/h6-10,13-14H,11-12,15H2,1-5H3. The maximum absolute atomic E-state index is 14.8. The Bertz CT molecular complexity index is 1210. The molecule has 0 atom stereocenters. The second-order valence-corrected chi connectivity index (χ2v) is 9.12. The van der Waals surface area contributed by atoms with Crippen LogP contribution in [0.1, 0.15) is 32.0 Å². The summed E-state index contributed by atoms with van der Waals surface area (Å²) in [5, 5.41) is 0. The maximum atomic E-state index is 14.8. The predicted octanol–water partition coefficient (Wildman–Crippen LogP) is 5.80. The van der Waals surface area contributed by atoms with Gasteiger partial charge in [-0.05, 0) is 56.7 Å². The Morgan fingerprint density at radius 3 is 2.32 bits per heavy atom. The largest absolute Gasteiger partial charge is 0.497 e. The zero-order valence-electron chi connectivity index (χ0n) is 19.9. The van der Waals surface area contributed by atoms with Gasteiger partial charge in [0.25, 0.3) is 0 Å². The van der Waals surface area contributed by atoms with Gasteiger partial charge in [-0.2, -0.15) is 0 Å². The van der Waals surface area contributed by atoms with Gasteiger partial charge < -0.3 is 19.1 Å². The van der Waals surface area contributed by atoms with Crippen LogP contribution in [0.2, 0.25) is 0 Å². The molecule has 1 aromatic heterocycles. The van der Waals surface area contributed by atoms with Crippen LogP contribution in [0, 0.1) is 11.6 Å². The summed E-state index contributed by atoms with van der Waals surface area (Å²) in [4.78, 5) is 15.3. The zero-order chi connectivity index (χ0) is 24.6. The van der Waals surface area contributed by atoms with E-state index in [1.54, 1.807) is 41.1 Å². The quantitative estimate of drug-likeness (QED) is 0.483. The molecule has 1 aliphatic rings. The molecule has 0 bridgehead atoms. The predicted molar refractivity (Wildman–Crippen MR) is 126 cm³/mol. The number of halogens is 2. The van der Waals surface area contributed by atoms with E-state index >= 15 is 0 Å². The van der Waals surface area contributed by atoms with Gasteiger partial charge in [-0.25, -0.2) is 18.1 Å². The minimum absolute atomic E-state index is 0.134. The minimum atomic E-state index is -0.770. The summed E-state index contributed by atoms with van der Waals surface area (Å²) < 4.78 is 47.3. The third kappa shape index (κ3) is 4.44. The molecule has 0 spiro atoms. The number of hydrogen-bond donors (Lipinski definition) is 0. The van der Waals surface area contributed by atoms with Crippen molar-refractivity contribution in [1.82, 2.24) is 4.57 Å². The summed E-state index contributed by atoms with van der Waals surface area (Å²) >= 11 is 0. The lowest BCUT2D eigenvalue weighted by molar-refractivity contribution is 0.0535. The van der Waals surface area contributed by atoms with Gasteiger partial charge in [0.2, 0.25) is 0 Å². The number of nitrogens with zero attached hydrogens (tertiary/aromatic N) is 2. The average Bonchev–Trinajstić information content (AvgIpc) is 3.15. The van der Waals surface area contributed by atoms with E-state index in [2.05, 4.69) is 4.90 Å². The van der Waals surface area contributed by atoms with Gasteiger partial charge in [0.05, 0.1) is 31.2 Å². The van der Waals surface area contributed by atoms with Gasteiger partial charge in [0.15, 0.2) is 0 Å². The van der Waals surface area contributed by atoms with Crippen LogP contribution < -0.4 is 14.4 Å². The highest BCUT2D eigenvalue weighted by Crippen LogP contribution is 2.38. The fraction of sp³-hybridized carbons (Fsp3) is 0.346. The van der Waals surface area contributed by atoms with Crippen molar-refractivity contribution in [2.24, 2.45) is 0 Å². The first-order chi connectivity index (χ1) is 16.1. The SMILES string of the molecule is COc1ccc(OC)c(N2CCc3c(cc(-c4c(F)cccc4F)n3C(=O)OC(C)(C)C)C2)c1.